The van der Waals surface area contributed by atoms with E-state index in [1.807, 2.05) is 30.5 Å². The van der Waals surface area contributed by atoms with E-state index in [9.17, 15) is 9.59 Å². The predicted molar refractivity (Wildman–Crippen MR) is 107 cm³/mol. The Kier molecular flexibility index (Phi) is 7.38. The molecule has 0 unspecified atom stereocenters. The highest BCUT2D eigenvalue weighted by Gasteiger charge is 2.05. The van der Waals surface area contributed by atoms with Crippen LogP contribution in [0.15, 0.2) is 48.5 Å². The maximum absolute atomic E-state index is 11.9. The molecule has 0 aliphatic carbocycles. The summed E-state index contributed by atoms with van der Waals surface area (Å²) >= 11 is 3.67. The minimum Gasteiger partial charge on any atom is -0.484 e. The van der Waals surface area contributed by atoms with Crippen LogP contribution in [0, 0.1) is 3.57 Å². The summed E-state index contributed by atoms with van der Waals surface area (Å²) in [6, 6.07) is 14.4. The number of carbonyl (C=O) groups is 2. The van der Waals surface area contributed by atoms with Crippen molar-refractivity contribution in [3.8, 4) is 5.75 Å². The Balaban J connectivity index is 1.80. The average molecular weight is 456 g/mol. The first kappa shape index (κ1) is 18.6. The zero-order valence-electron chi connectivity index (χ0n) is 13.0. The van der Waals surface area contributed by atoms with Crippen LogP contribution in [0.25, 0.3) is 0 Å². The average Bonchev–Trinajstić information content (AvgIpc) is 2.56. The Morgan fingerprint density at radius 2 is 1.50 bits per heavy atom. The zero-order chi connectivity index (χ0) is 17.4. The van der Waals surface area contributed by atoms with Gasteiger partial charge in [-0.05, 0) is 77.4 Å². The summed E-state index contributed by atoms with van der Waals surface area (Å²) in [5.74, 6) is 0.703. The van der Waals surface area contributed by atoms with Crippen LogP contribution in [0.1, 0.15) is 0 Å². The van der Waals surface area contributed by atoms with E-state index in [1.54, 1.807) is 24.3 Å². The molecule has 0 spiro atoms. The highest BCUT2D eigenvalue weighted by atomic mass is 127. The molecule has 0 aliphatic rings. The molecule has 5 nitrogen and oxygen atoms in total. The van der Waals surface area contributed by atoms with E-state index in [2.05, 4.69) is 33.2 Å². The molecule has 0 heterocycles. The van der Waals surface area contributed by atoms with Crippen molar-refractivity contribution in [3.05, 3.63) is 52.1 Å². The van der Waals surface area contributed by atoms with Gasteiger partial charge in [0.25, 0.3) is 5.91 Å². The fraction of sp³-hybridized carbons (Fsp3) is 0.176. The first-order valence-corrected chi connectivity index (χ1v) is 9.61. The minimum absolute atomic E-state index is 0.0481. The number of benzene rings is 2. The minimum atomic E-state index is -0.228. The predicted octanol–water partition coefficient (Wildman–Crippen LogP) is 3.61. The second-order valence-electron chi connectivity index (χ2n) is 4.85. The molecule has 0 radical (unpaired) electrons. The molecule has 2 amide bonds. The van der Waals surface area contributed by atoms with Crippen LogP contribution in [-0.2, 0) is 9.59 Å². The van der Waals surface area contributed by atoms with Crippen LogP contribution >= 0.6 is 34.4 Å². The van der Waals surface area contributed by atoms with Crippen molar-refractivity contribution in [1.82, 2.24) is 0 Å². The van der Waals surface area contributed by atoms with Gasteiger partial charge in [-0.1, -0.05) is 0 Å². The van der Waals surface area contributed by atoms with E-state index in [-0.39, 0.29) is 18.4 Å². The van der Waals surface area contributed by atoms with Gasteiger partial charge >= 0.3 is 0 Å². The van der Waals surface area contributed by atoms with Crippen molar-refractivity contribution in [2.24, 2.45) is 0 Å². The van der Waals surface area contributed by atoms with Crippen LogP contribution in [0.2, 0.25) is 0 Å². The molecule has 0 saturated carbocycles. The fourth-order valence-corrected chi connectivity index (χ4v) is 2.54. The molecule has 2 N–H and O–H groups in total. The van der Waals surface area contributed by atoms with Crippen molar-refractivity contribution in [3.63, 3.8) is 0 Å². The summed E-state index contributed by atoms with van der Waals surface area (Å²) in [4.78, 5) is 23.3. The Hall–Kier alpha value is -1.74. The van der Waals surface area contributed by atoms with Gasteiger partial charge in [0.05, 0.1) is 5.75 Å². The second kappa shape index (κ2) is 9.53. The van der Waals surface area contributed by atoms with Gasteiger partial charge in [0.2, 0.25) is 5.91 Å². The number of carbonyl (C=O) groups excluding carboxylic acids is 2. The second-order valence-corrected chi connectivity index (χ2v) is 6.96. The summed E-state index contributed by atoms with van der Waals surface area (Å²) in [7, 11) is 0. The van der Waals surface area contributed by atoms with E-state index in [0.717, 1.165) is 9.26 Å². The van der Waals surface area contributed by atoms with Crippen LogP contribution in [0.3, 0.4) is 0 Å². The molecule has 24 heavy (non-hydrogen) atoms. The molecule has 0 fully saturated rings. The molecule has 0 aromatic heterocycles. The number of amides is 2. The lowest BCUT2D eigenvalue weighted by molar-refractivity contribution is -0.118. The highest BCUT2D eigenvalue weighted by molar-refractivity contribution is 14.1. The quantitative estimate of drug-likeness (QED) is 0.625. The normalized spacial score (nSPS) is 10.1. The van der Waals surface area contributed by atoms with Crippen molar-refractivity contribution < 1.29 is 14.3 Å². The summed E-state index contributed by atoms with van der Waals surface area (Å²) in [6.07, 6.45) is 1.87. The van der Waals surface area contributed by atoms with Gasteiger partial charge in [-0.15, -0.1) is 0 Å². The molecule has 2 aromatic carbocycles. The van der Waals surface area contributed by atoms with Crippen LogP contribution in [-0.4, -0.2) is 30.4 Å². The summed E-state index contributed by atoms with van der Waals surface area (Å²) < 4.78 is 6.54. The van der Waals surface area contributed by atoms with Gasteiger partial charge in [0.15, 0.2) is 6.61 Å². The maximum atomic E-state index is 11.9. The molecule has 2 aromatic rings. The van der Waals surface area contributed by atoms with E-state index in [1.165, 1.54) is 11.8 Å². The molecule has 0 saturated heterocycles. The van der Waals surface area contributed by atoms with E-state index < -0.39 is 0 Å². The number of hydrogen-bond donors (Lipinski definition) is 2. The summed E-state index contributed by atoms with van der Waals surface area (Å²) in [5, 5.41) is 5.54. The molecule has 7 heteroatoms. The molecule has 2 rings (SSSR count). The van der Waals surface area contributed by atoms with Crippen molar-refractivity contribution >= 4 is 57.5 Å². The van der Waals surface area contributed by atoms with E-state index >= 15 is 0 Å². The number of hydrogen-bond acceptors (Lipinski definition) is 4. The molecule has 0 atom stereocenters. The lowest BCUT2D eigenvalue weighted by Gasteiger charge is -2.09. The number of halogens is 1. The molecular formula is C17H17IN2O3S. The summed E-state index contributed by atoms with van der Waals surface area (Å²) in [5.41, 5.74) is 1.43. The third-order valence-electron chi connectivity index (χ3n) is 2.91. The largest absolute Gasteiger partial charge is 0.484 e. The van der Waals surface area contributed by atoms with Gasteiger partial charge < -0.3 is 15.4 Å². The Morgan fingerprint density at radius 1 is 0.958 bits per heavy atom. The molecule has 0 bridgehead atoms. The lowest BCUT2D eigenvalue weighted by Crippen LogP contribution is -2.20. The number of rotatable bonds is 7. The van der Waals surface area contributed by atoms with Gasteiger partial charge in [0, 0.05) is 14.9 Å². The first-order chi connectivity index (χ1) is 11.6. The van der Waals surface area contributed by atoms with Gasteiger partial charge in [-0.25, -0.2) is 0 Å². The molecule has 126 valence electrons. The zero-order valence-corrected chi connectivity index (χ0v) is 16.0. The van der Waals surface area contributed by atoms with Crippen LogP contribution in [0.5, 0.6) is 5.75 Å². The van der Waals surface area contributed by atoms with Gasteiger partial charge in [0.1, 0.15) is 5.75 Å². The smallest absolute Gasteiger partial charge is 0.262 e. The SMILES string of the molecule is CSCC(=O)Nc1ccc(OCC(=O)Nc2ccc(I)cc2)cc1. The summed E-state index contributed by atoms with van der Waals surface area (Å²) in [6.45, 7) is -0.0792. The van der Waals surface area contributed by atoms with E-state index in [4.69, 9.17) is 4.74 Å². The Morgan fingerprint density at radius 3 is 2.08 bits per heavy atom. The standard InChI is InChI=1S/C17H17IN2O3S/c1-24-11-17(22)20-14-6-8-15(9-7-14)23-10-16(21)19-13-4-2-12(18)3-5-13/h2-9H,10-11H2,1H3,(H,19,21)(H,20,22). The fourth-order valence-electron chi connectivity index (χ4n) is 1.84. The molecular weight excluding hydrogens is 439 g/mol. The third kappa shape index (κ3) is 6.40. The van der Waals surface area contributed by atoms with Crippen molar-refractivity contribution in [2.45, 2.75) is 0 Å². The first-order valence-electron chi connectivity index (χ1n) is 7.14. The lowest BCUT2D eigenvalue weighted by atomic mass is 10.3. The number of anilines is 2. The highest BCUT2D eigenvalue weighted by Crippen LogP contribution is 2.16. The third-order valence-corrected chi connectivity index (χ3v) is 4.18. The topological polar surface area (TPSA) is 67.4 Å². The van der Waals surface area contributed by atoms with Gasteiger partial charge in [-0.3, -0.25) is 9.59 Å². The van der Waals surface area contributed by atoms with Crippen molar-refractivity contribution in [2.75, 3.05) is 29.2 Å². The number of thioether (sulfide) groups is 1. The Labute approximate surface area is 158 Å². The van der Waals surface area contributed by atoms with Gasteiger partial charge in [-0.2, -0.15) is 11.8 Å². The molecule has 0 aliphatic heterocycles. The number of nitrogens with one attached hydrogen (secondary N) is 2. The van der Waals surface area contributed by atoms with E-state index in [0.29, 0.717) is 17.2 Å². The maximum Gasteiger partial charge on any atom is 0.262 e. The number of ether oxygens (including phenoxy) is 1. The monoisotopic (exact) mass is 456 g/mol. The van der Waals surface area contributed by atoms with Crippen LogP contribution in [0.4, 0.5) is 11.4 Å². The van der Waals surface area contributed by atoms with Crippen LogP contribution < -0.4 is 15.4 Å². The van der Waals surface area contributed by atoms with Crippen molar-refractivity contribution in [1.29, 1.82) is 0 Å². The Bertz CT molecular complexity index is 690.